The van der Waals surface area contributed by atoms with E-state index in [9.17, 15) is 48.4 Å². The van der Waals surface area contributed by atoms with Crippen LogP contribution in [0, 0.1) is 0 Å². The second kappa shape index (κ2) is 6.53. The van der Waals surface area contributed by atoms with Crippen LogP contribution in [0.5, 0.6) is 0 Å². The van der Waals surface area contributed by atoms with Crippen LogP contribution in [-0.2, 0) is 22.4 Å². The number of halogens is 10. The van der Waals surface area contributed by atoms with E-state index in [0.29, 0.717) is 0 Å². The summed E-state index contributed by atoms with van der Waals surface area (Å²) < 4.78 is 136. The second-order valence-corrected chi connectivity index (χ2v) is 11.5. The topological polar surface area (TPSA) is 34.1 Å². The smallest absolute Gasteiger partial charge is 0.300 e. The predicted octanol–water partition coefficient (Wildman–Crippen LogP) is 8.82. The van der Waals surface area contributed by atoms with E-state index < -0.39 is 78.6 Å². The fourth-order valence-corrected chi connectivity index (χ4v) is 6.02. The Kier molecular flexibility index (Phi) is 5.79. The van der Waals surface area contributed by atoms with Gasteiger partial charge in [0.05, 0.1) is 0 Å². The summed E-state index contributed by atoms with van der Waals surface area (Å²) in [6.45, 7) is 2.56. The molecular weight excluding hydrogens is 478 g/mol. The molecule has 0 bridgehead atoms. The molecule has 0 amide bonds. The molecule has 1 aromatic rings. The summed E-state index contributed by atoms with van der Waals surface area (Å²) in [5.74, 6) is -1.51. The number of carbonyl (C=O) groups excluding carboxylic acids is 2. The van der Waals surface area contributed by atoms with Crippen LogP contribution in [0.3, 0.4) is 0 Å². The predicted molar refractivity (Wildman–Crippen MR) is 96.5 cm³/mol. The molecular formula is C16H20F10O2S2. The SMILES string of the molecule is CCC(=O)CCc1ccc(CCC(=O)CC)c(S(F)(F)(F)(F)F)c1S(F)(F)(F)(F)F. The van der Waals surface area contributed by atoms with E-state index in [1.165, 1.54) is 13.8 Å². The van der Waals surface area contributed by atoms with Gasteiger partial charge in [-0.25, -0.2) is 0 Å². The van der Waals surface area contributed by atoms with E-state index in [1.807, 2.05) is 0 Å². The van der Waals surface area contributed by atoms with Crippen LogP contribution in [0.2, 0.25) is 0 Å². The quantitative estimate of drug-likeness (QED) is 0.302. The van der Waals surface area contributed by atoms with E-state index in [4.69, 9.17) is 0 Å². The Hall–Kier alpha value is -1.44. The van der Waals surface area contributed by atoms with Gasteiger partial charge in [0, 0.05) is 25.7 Å². The lowest BCUT2D eigenvalue weighted by molar-refractivity contribution is -0.119. The van der Waals surface area contributed by atoms with Gasteiger partial charge < -0.3 is 0 Å². The van der Waals surface area contributed by atoms with E-state index in [-0.39, 0.29) is 25.0 Å². The normalized spacial score (nSPS) is 17.5. The molecule has 0 fully saturated rings. The standard InChI is InChI=1S/C16H20F10O2S2/c1-3-13(27)9-7-11-5-6-12(8-10-14(28)4-2)16(30(22,23,24,25)26)15(11)29(17,18,19,20)21/h5-6H,3-4,7-10H2,1-2H3. The molecule has 0 heterocycles. The molecule has 2 nitrogen and oxygen atoms in total. The maximum absolute atomic E-state index is 13.6. The van der Waals surface area contributed by atoms with Gasteiger partial charge in [-0.3, -0.25) is 9.59 Å². The fraction of sp³-hybridized carbons (Fsp3) is 0.500. The van der Waals surface area contributed by atoms with Crippen molar-refractivity contribution in [1.29, 1.82) is 0 Å². The number of ketones is 2. The van der Waals surface area contributed by atoms with Gasteiger partial charge in [0.15, 0.2) is 0 Å². The maximum Gasteiger partial charge on any atom is 0.312 e. The molecule has 0 N–H and O–H groups in total. The van der Waals surface area contributed by atoms with Crippen LogP contribution in [0.1, 0.15) is 50.7 Å². The summed E-state index contributed by atoms with van der Waals surface area (Å²) in [4.78, 5) is 15.2. The largest absolute Gasteiger partial charge is 0.312 e. The Labute approximate surface area is 166 Å². The molecule has 0 aromatic heterocycles. The minimum Gasteiger partial charge on any atom is -0.300 e. The molecule has 1 aromatic carbocycles. The molecule has 0 spiro atoms. The Morgan fingerprint density at radius 1 is 0.633 bits per heavy atom. The van der Waals surface area contributed by atoms with Crippen LogP contribution in [0.4, 0.5) is 38.9 Å². The summed E-state index contributed by atoms with van der Waals surface area (Å²) in [5.41, 5.74) is -3.49. The number of Topliss-reactive ketones (excluding diaryl/α,β-unsaturated/α-hetero) is 2. The van der Waals surface area contributed by atoms with Gasteiger partial charge in [-0.15, -0.1) is 0 Å². The zero-order valence-corrected chi connectivity index (χ0v) is 17.4. The number of carbonyl (C=O) groups is 2. The fourth-order valence-electron chi connectivity index (χ4n) is 2.79. The number of benzene rings is 1. The van der Waals surface area contributed by atoms with E-state index in [1.54, 1.807) is 0 Å². The molecule has 0 atom stereocenters. The Bertz CT molecular complexity index is 800. The highest BCUT2D eigenvalue weighted by Gasteiger charge is 2.76. The van der Waals surface area contributed by atoms with E-state index in [2.05, 4.69) is 0 Å². The average Bonchev–Trinajstić information content (AvgIpc) is 2.52. The molecule has 0 aliphatic rings. The van der Waals surface area contributed by atoms with Crippen molar-refractivity contribution < 1.29 is 48.4 Å². The molecule has 0 saturated carbocycles. The van der Waals surface area contributed by atoms with Crippen LogP contribution < -0.4 is 0 Å². The minimum atomic E-state index is -11.3. The first-order valence-corrected chi connectivity index (χ1v) is 12.5. The van der Waals surface area contributed by atoms with Crippen LogP contribution in [0.15, 0.2) is 21.9 Å². The molecule has 14 heteroatoms. The third-order valence-electron chi connectivity index (χ3n) is 4.18. The lowest BCUT2D eigenvalue weighted by atomic mass is 10.0. The molecule has 0 unspecified atom stereocenters. The van der Waals surface area contributed by atoms with Crippen molar-refractivity contribution in [1.82, 2.24) is 0 Å². The summed E-state index contributed by atoms with van der Waals surface area (Å²) in [5, 5.41) is 0. The van der Waals surface area contributed by atoms with Crippen molar-refractivity contribution in [3.05, 3.63) is 23.3 Å². The van der Waals surface area contributed by atoms with Gasteiger partial charge in [0.25, 0.3) is 0 Å². The summed E-state index contributed by atoms with van der Waals surface area (Å²) >= 11 is 0. The number of rotatable bonds is 10. The number of hydrogen-bond donors (Lipinski definition) is 0. The molecule has 0 aliphatic carbocycles. The summed E-state index contributed by atoms with van der Waals surface area (Å²) in [6, 6.07) is 0.462. The first-order chi connectivity index (χ1) is 12.9. The zero-order chi connectivity index (χ0) is 23.9. The summed E-state index contributed by atoms with van der Waals surface area (Å²) in [7, 11) is -22.6. The van der Waals surface area contributed by atoms with E-state index >= 15 is 0 Å². The third-order valence-corrected chi connectivity index (χ3v) is 6.79. The Balaban J connectivity index is 4.01. The van der Waals surface area contributed by atoms with Crippen molar-refractivity contribution >= 4 is 32.0 Å². The van der Waals surface area contributed by atoms with Crippen LogP contribution in [0.25, 0.3) is 0 Å². The molecule has 1 rings (SSSR count). The summed E-state index contributed by atoms with van der Waals surface area (Å²) in [6.07, 6.45) is -4.63. The maximum atomic E-state index is 13.6. The molecule has 0 saturated heterocycles. The zero-order valence-electron chi connectivity index (χ0n) is 15.8. The van der Waals surface area contributed by atoms with Gasteiger partial charge >= 0.3 is 20.4 Å². The van der Waals surface area contributed by atoms with Crippen molar-refractivity contribution in [3.8, 4) is 0 Å². The van der Waals surface area contributed by atoms with Gasteiger partial charge in [-0.1, -0.05) is 64.8 Å². The molecule has 0 radical (unpaired) electrons. The lowest BCUT2D eigenvalue weighted by Crippen LogP contribution is -2.21. The Morgan fingerprint density at radius 2 is 0.900 bits per heavy atom. The molecule has 0 aliphatic heterocycles. The van der Waals surface area contributed by atoms with Crippen molar-refractivity contribution in [2.45, 2.75) is 62.2 Å². The van der Waals surface area contributed by atoms with Crippen molar-refractivity contribution in [2.24, 2.45) is 0 Å². The van der Waals surface area contributed by atoms with Crippen LogP contribution in [-0.4, -0.2) is 11.6 Å². The van der Waals surface area contributed by atoms with E-state index in [0.717, 1.165) is 0 Å². The highest BCUT2D eigenvalue weighted by molar-refractivity contribution is 8.48. The third kappa shape index (κ3) is 7.06. The highest BCUT2D eigenvalue weighted by Crippen LogP contribution is 3.10. The second-order valence-electron chi connectivity index (χ2n) is 6.76. The first kappa shape index (κ1) is 26.6. The minimum absolute atomic E-state index is 0.231. The van der Waals surface area contributed by atoms with Gasteiger partial charge in [0.2, 0.25) is 0 Å². The Morgan fingerprint density at radius 3 is 1.10 bits per heavy atom. The highest BCUT2D eigenvalue weighted by atomic mass is 32.5. The van der Waals surface area contributed by atoms with Crippen molar-refractivity contribution in [3.63, 3.8) is 0 Å². The van der Waals surface area contributed by atoms with Gasteiger partial charge in [-0.05, 0) is 24.0 Å². The molecule has 30 heavy (non-hydrogen) atoms. The van der Waals surface area contributed by atoms with Gasteiger partial charge in [-0.2, -0.15) is 0 Å². The first-order valence-electron chi connectivity index (χ1n) is 8.56. The lowest BCUT2D eigenvalue weighted by Gasteiger charge is -2.49. The average molecular weight is 498 g/mol. The number of hydrogen-bond acceptors (Lipinski definition) is 2. The molecule has 178 valence electrons. The van der Waals surface area contributed by atoms with Crippen molar-refractivity contribution in [2.75, 3.05) is 0 Å². The monoisotopic (exact) mass is 498 g/mol. The van der Waals surface area contributed by atoms with Crippen LogP contribution >= 0.6 is 20.4 Å². The number of aryl methyl sites for hydroxylation is 2. The van der Waals surface area contributed by atoms with Gasteiger partial charge in [0.1, 0.15) is 21.4 Å².